The minimum atomic E-state index is -0.0261. The van der Waals surface area contributed by atoms with E-state index in [0.29, 0.717) is 6.04 Å². The summed E-state index contributed by atoms with van der Waals surface area (Å²) in [5.41, 5.74) is 1.37. The van der Waals surface area contributed by atoms with Crippen LogP contribution in [-0.2, 0) is 16.1 Å². The molecule has 2 aliphatic heterocycles. The average Bonchev–Trinajstić information content (AvgIpc) is 2.76. The molecule has 0 spiro atoms. The van der Waals surface area contributed by atoms with Crippen LogP contribution in [0.5, 0.6) is 0 Å². The molecule has 21 heavy (non-hydrogen) atoms. The van der Waals surface area contributed by atoms with Gasteiger partial charge in [-0.25, -0.2) is 0 Å². The molecule has 0 aliphatic carbocycles. The maximum atomic E-state index is 6.38. The van der Waals surface area contributed by atoms with Crippen LogP contribution >= 0.6 is 0 Å². The summed E-state index contributed by atoms with van der Waals surface area (Å²) in [5.74, 6) is 0. The van der Waals surface area contributed by atoms with Gasteiger partial charge in [-0.3, -0.25) is 0 Å². The zero-order valence-electron chi connectivity index (χ0n) is 13.0. The minimum Gasteiger partial charge on any atom is -1.00 e. The van der Waals surface area contributed by atoms with Crippen LogP contribution in [0.3, 0.4) is 0 Å². The molecule has 0 aromatic heterocycles. The number of hydrogen-bond donors (Lipinski definition) is 0. The van der Waals surface area contributed by atoms with Gasteiger partial charge in [0.25, 0.3) is 0 Å². The third-order valence-corrected chi connectivity index (χ3v) is 4.50. The van der Waals surface area contributed by atoms with Gasteiger partial charge in [-0.05, 0) is 26.7 Å². The van der Waals surface area contributed by atoms with Gasteiger partial charge in [0.05, 0.1) is 12.5 Å². The molecule has 2 saturated heterocycles. The Bertz CT molecular complexity index is 440. The molecular formula is C17H26BrNO2. The van der Waals surface area contributed by atoms with Crippen molar-refractivity contribution < 1.29 is 31.2 Å². The van der Waals surface area contributed by atoms with Crippen molar-refractivity contribution in [3.63, 3.8) is 0 Å². The summed E-state index contributed by atoms with van der Waals surface area (Å²) in [6.45, 7) is 6.27. The average molecular weight is 356 g/mol. The van der Waals surface area contributed by atoms with Crippen LogP contribution in [0.2, 0.25) is 0 Å². The lowest BCUT2D eigenvalue weighted by molar-refractivity contribution is -1.13. The number of hydroxylamine groups is 3. The van der Waals surface area contributed by atoms with E-state index in [2.05, 4.69) is 44.2 Å². The summed E-state index contributed by atoms with van der Waals surface area (Å²) in [6.07, 6.45) is 5.12. The Hall–Kier alpha value is -0.420. The van der Waals surface area contributed by atoms with Gasteiger partial charge in [0.15, 0.2) is 0 Å². The summed E-state index contributed by atoms with van der Waals surface area (Å²) in [4.78, 5) is 6.38. The molecule has 0 N–H and O–H groups in total. The maximum Gasteiger partial charge on any atom is 0.221 e. The number of fused-ring (bicyclic) bond motifs is 1. The quantitative estimate of drug-likeness (QED) is 0.738. The third kappa shape index (κ3) is 3.86. The van der Waals surface area contributed by atoms with Crippen molar-refractivity contribution in [2.75, 3.05) is 6.54 Å². The zero-order chi connectivity index (χ0) is 14.0. The van der Waals surface area contributed by atoms with Gasteiger partial charge in [0.2, 0.25) is 6.29 Å². The normalized spacial score (nSPS) is 31.8. The van der Waals surface area contributed by atoms with Crippen LogP contribution in [0.4, 0.5) is 0 Å². The molecule has 1 unspecified atom stereocenters. The van der Waals surface area contributed by atoms with Crippen LogP contribution in [-0.4, -0.2) is 29.6 Å². The molecule has 0 radical (unpaired) electrons. The van der Waals surface area contributed by atoms with Gasteiger partial charge in [0.1, 0.15) is 19.1 Å². The molecule has 1 aromatic carbocycles. The fraction of sp³-hybridized carbons (Fsp3) is 0.647. The van der Waals surface area contributed by atoms with Crippen LogP contribution < -0.4 is 17.0 Å². The lowest BCUT2D eigenvalue weighted by atomic mass is 9.98. The van der Waals surface area contributed by atoms with E-state index >= 15 is 0 Å². The Morgan fingerprint density at radius 3 is 2.71 bits per heavy atom. The molecule has 0 amide bonds. The predicted molar refractivity (Wildman–Crippen MR) is 78.6 cm³/mol. The SMILES string of the molecule is CC(C)O[C@@H]1C[C@H]2CCCC[N+]2(Cc2ccccc2)O1.[Br-]. The molecule has 2 heterocycles. The molecule has 2 fully saturated rings. The van der Waals surface area contributed by atoms with E-state index in [1.165, 1.54) is 24.8 Å². The third-order valence-electron chi connectivity index (χ3n) is 4.50. The van der Waals surface area contributed by atoms with Crippen molar-refractivity contribution in [2.24, 2.45) is 0 Å². The highest BCUT2D eigenvalue weighted by Crippen LogP contribution is 2.39. The number of quaternary nitrogens is 1. The van der Waals surface area contributed by atoms with Gasteiger partial charge >= 0.3 is 0 Å². The van der Waals surface area contributed by atoms with Crippen LogP contribution in [0.25, 0.3) is 0 Å². The molecule has 118 valence electrons. The van der Waals surface area contributed by atoms with Crippen molar-refractivity contribution in [1.29, 1.82) is 0 Å². The van der Waals surface area contributed by atoms with E-state index in [0.717, 1.165) is 24.2 Å². The van der Waals surface area contributed by atoms with Crippen molar-refractivity contribution in [3.8, 4) is 0 Å². The Morgan fingerprint density at radius 1 is 1.24 bits per heavy atom. The monoisotopic (exact) mass is 355 g/mol. The van der Waals surface area contributed by atoms with E-state index in [4.69, 9.17) is 9.57 Å². The van der Waals surface area contributed by atoms with Crippen LogP contribution in [0.15, 0.2) is 30.3 Å². The second-order valence-electron chi connectivity index (χ2n) is 6.42. The van der Waals surface area contributed by atoms with E-state index < -0.39 is 0 Å². The maximum absolute atomic E-state index is 6.38. The van der Waals surface area contributed by atoms with Crippen LogP contribution in [0.1, 0.15) is 45.1 Å². The molecule has 4 heteroatoms. The lowest BCUT2D eigenvalue weighted by Gasteiger charge is -2.39. The Kier molecular flexibility index (Phi) is 5.83. The summed E-state index contributed by atoms with van der Waals surface area (Å²) in [5, 5.41) is 0. The van der Waals surface area contributed by atoms with Gasteiger partial charge in [0, 0.05) is 12.0 Å². The van der Waals surface area contributed by atoms with Crippen molar-refractivity contribution in [1.82, 2.24) is 0 Å². The first-order valence-electron chi connectivity index (χ1n) is 7.92. The molecule has 2 aliphatic rings. The number of hydrogen-bond acceptors (Lipinski definition) is 2. The van der Waals surface area contributed by atoms with E-state index in [1.807, 2.05) is 0 Å². The Balaban J connectivity index is 0.00000161. The molecular weight excluding hydrogens is 330 g/mol. The smallest absolute Gasteiger partial charge is 0.221 e. The summed E-state index contributed by atoms with van der Waals surface area (Å²) in [6, 6.07) is 11.3. The van der Waals surface area contributed by atoms with Crippen molar-refractivity contribution >= 4 is 0 Å². The highest BCUT2D eigenvalue weighted by atomic mass is 79.9. The van der Waals surface area contributed by atoms with E-state index in [-0.39, 0.29) is 29.4 Å². The number of benzene rings is 1. The second kappa shape index (κ2) is 7.23. The first-order valence-corrected chi connectivity index (χ1v) is 7.92. The van der Waals surface area contributed by atoms with E-state index in [9.17, 15) is 0 Å². The Labute approximate surface area is 138 Å². The Morgan fingerprint density at radius 2 is 2.00 bits per heavy atom. The van der Waals surface area contributed by atoms with Gasteiger partial charge in [-0.15, -0.1) is 0 Å². The first kappa shape index (κ1) is 16.9. The largest absolute Gasteiger partial charge is 1.00 e. The number of piperidine rings is 1. The summed E-state index contributed by atoms with van der Waals surface area (Å²) < 4.78 is 6.71. The fourth-order valence-electron chi connectivity index (χ4n) is 3.65. The molecule has 0 saturated carbocycles. The number of ether oxygens (including phenoxy) is 1. The number of rotatable bonds is 4. The van der Waals surface area contributed by atoms with Crippen molar-refractivity contribution in [2.45, 2.75) is 64.5 Å². The minimum absolute atomic E-state index is 0. The summed E-state index contributed by atoms with van der Waals surface area (Å²) >= 11 is 0. The second-order valence-corrected chi connectivity index (χ2v) is 6.42. The fourth-order valence-corrected chi connectivity index (χ4v) is 3.65. The lowest BCUT2D eigenvalue weighted by Crippen LogP contribution is -3.00. The highest BCUT2D eigenvalue weighted by molar-refractivity contribution is 5.13. The number of nitrogens with zero attached hydrogens (tertiary/aromatic N) is 1. The molecule has 3 atom stereocenters. The van der Waals surface area contributed by atoms with Crippen molar-refractivity contribution in [3.05, 3.63) is 35.9 Å². The van der Waals surface area contributed by atoms with Gasteiger partial charge in [-0.1, -0.05) is 30.3 Å². The van der Waals surface area contributed by atoms with E-state index in [1.54, 1.807) is 0 Å². The van der Waals surface area contributed by atoms with Crippen LogP contribution in [0, 0.1) is 0 Å². The molecule has 3 nitrogen and oxygen atoms in total. The topological polar surface area (TPSA) is 18.5 Å². The molecule has 3 rings (SSSR count). The zero-order valence-corrected chi connectivity index (χ0v) is 14.6. The van der Waals surface area contributed by atoms with Gasteiger partial charge in [-0.2, -0.15) is 9.48 Å². The molecule has 0 bridgehead atoms. The van der Waals surface area contributed by atoms with Gasteiger partial charge < -0.3 is 21.7 Å². The standard InChI is InChI=1S/C17H26NO2.BrH/c1-14(2)19-17-12-16-10-6-7-11-18(16,20-17)13-15-8-4-3-5-9-15;/h3-5,8-9,14,16-17H,6-7,10-13H2,1-2H3;1H/q+1;/p-1/t16-,17+,18?;/m1./s1. The first-order chi connectivity index (χ1) is 9.68. The molecule has 1 aromatic rings. The highest BCUT2D eigenvalue weighted by Gasteiger charge is 2.51. The predicted octanol–water partition coefficient (Wildman–Crippen LogP) is 0.646. The summed E-state index contributed by atoms with van der Waals surface area (Å²) in [7, 11) is 0. The number of halogens is 1.